The lowest BCUT2D eigenvalue weighted by Crippen LogP contribution is -2.38. The molecule has 0 aliphatic carbocycles. The zero-order valence-corrected chi connectivity index (χ0v) is 14.4. The van der Waals surface area contributed by atoms with E-state index in [1.807, 2.05) is 12.1 Å². The maximum Gasteiger partial charge on any atom is 0.0558 e. The number of hydrogen-bond donors (Lipinski definition) is 1. The average Bonchev–Trinajstić information content (AvgIpc) is 2.44. The summed E-state index contributed by atoms with van der Waals surface area (Å²) in [6.07, 6.45) is 2.22. The Morgan fingerprint density at radius 1 is 1.20 bits per heavy atom. The van der Waals surface area contributed by atoms with Gasteiger partial charge >= 0.3 is 0 Å². The summed E-state index contributed by atoms with van der Waals surface area (Å²) >= 11 is 13.9. The van der Waals surface area contributed by atoms with Crippen LogP contribution in [0.3, 0.4) is 0 Å². The van der Waals surface area contributed by atoms with E-state index in [2.05, 4.69) is 18.7 Å². The van der Waals surface area contributed by atoms with E-state index in [9.17, 15) is 5.11 Å². The lowest BCUT2D eigenvalue weighted by atomic mass is 10.1. The summed E-state index contributed by atoms with van der Waals surface area (Å²) in [5.41, 5.74) is 0. The Balaban J connectivity index is 2.53. The van der Waals surface area contributed by atoms with E-state index in [1.54, 1.807) is 17.8 Å². The topological polar surface area (TPSA) is 23.5 Å². The van der Waals surface area contributed by atoms with Gasteiger partial charge in [0.05, 0.1) is 11.6 Å². The first-order valence-electron chi connectivity index (χ1n) is 7.05. The predicted octanol–water partition coefficient (Wildman–Crippen LogP) is 4.57. The van der Waals surface area contributed by atoms with Gasteiger partial charge < -0.3 is 5.11 Å². The second kappa shape index (κ2) is 9.91. The van der Waals surface area contributed by atoms with E-state index in [0.717, 1.165) is 41.6 Å². The van der Waals surface area contributed by atoms with Crippen molar-refractivity contribution < 1.29 is 5.11 Å². The zero-order valence-electron chi connectivity index (χ0n) is 12.1. The van der Waals surface area contributed by atoms with Crippen LogP contribution in [0.4, 0.5) is 0 Å². The van der Waals surface area contributed by atoms with Gasteiger partial charge in [0.15, 0.2) is 0 Å². The Morgan fingerprint density at radius 2 is 1.90 bits per heavy atom. The summed E-state index contributed by atoms with van der Waals surface area (Å²) in [5.74, 6) is 0.941. The third kappa shape index (κ3) is 5.82. The van der Waals surface area contributed by atoms with E-state index >= 15 is 0 Å². The van der Waals surface area contributed by atoms with Crippen molar-refractivity contribution in [1.82, 2.24) is 4.90 Å². The zero-order chi connectivity index (χ0) is 15.0. The van der Waals surface area contributed by atoms with Crippen LogP contribution in [-0.2, 0) is 0 Å². The lowest BCUT2D eigenvalue weighted by molar-refractivity contribution is 0.151. The van der Waals surface area contributed by atoms with E-state index in [0.29, 0.717) is 11.1 Å². The largest absolute Gasteiger partial charge is 0.395 e. The van der Waals surface area contributed by atoms with Gasteiger partial charge in [0.2, 0.25) is 0 Å². The minimum absolute atomic E-state index is 0.207. The maximum atomic E-state index is 9.19. The van der Waals surface area contributed by atoms with Crippen molar-refractivity contribution in [3.63, 3.8) is 0 Å². The summed E-state index contributed by atoms with van der Waals surface area (Å²) in [6, 6.07) is 6.08. The number of aliphatic hydroxyl groups is 1. The summed E-state index contributed by atoms with van der Waals surface area (Å²) in [5, 5.41) is 10.6. The van der Waals surface area contributed by atoms with Gasteiger partial charge in [0.25, 0.3) is 0 Å². The first kappa shape index (κ1) is 18.1. The number of aliphatic hydroxyl groups excluding tert-OH is 1. The Hall–Kier alpha value is 0.0700. The molecule has 5 heteroatoms. The monoisotopic (exact) mass is 335 g/mol. The molecule has 0 saturated heterocycles. The van der Waals surface area contributed by atoms with Crippen molar-refractivity contribution >= 4 is 35.0 Å². The van der Waals surface area contributed by atoms with Crippen LogP contribution in [0.15, 0.2) is 23.1 Å². The molecule has 0 aromatic heterocycles. The van der Waals surface area contributed by atoms with Gasteiger partial charge in [-0.1, -0.05) is 37.0 Å². The Labute approximate surface area is 136 Å². The quantitative estimate of drug-likeness (QED) is 0.668. The molecule has 0 unspecified atom stereocenters. The van der Waals surface area contributed by atoms with Crippen molar-refractivity contribution in [2.45, 2.75) is 37.6 Å². The van der Waals surface area contributed by atoms with Crippen LogP contribution >= 0.6 is 35.0 Å². The summed E-state index contributed by atoms with van der Waals surface area (Å²) in [4.78, 5) is 3.37. The van der Waals surface area contributed by atoms with Crippen LogP contribution in [0.25, 0.3) is 0 Å². The molecule has 0 atom stereocenters. The Morgan fingerprint density at radius 3 is 2.50 bits per heavy atom. The van der Waals surface area contributed by atoms with E-state index in [1.165, 1.54) is 0 Å². The molecule has 1 aromatic rings. The Kier molecular flexibility index (Phi) is 8.98. The molecule has 0 amide bonds. The summed E-state index contributed by atoms with van der Waals surface area (Å²) < 4.78 is 0. The summed E-state index contributed by atoms with van der Waals surface area (Å²) in [6.45, 7) is 6.27. The number of hydrogen-bond acceptors (Lipinski definition) is 3. The lowest BCUT2D eigenvalue weighted by Gasteiger charge is -2.29. The highest BCUT2D eigenvalue weighted by Gasteiger charge is 2.14. The van der Waals surface area contributed by atoms with Crippen molar-refractivity contribution in [3.05, 3.63) is 28.2 Å². The number of rotatable bonds is 9. The van der Waals surface area contributed by atoms with Crippen molar-refractivity contribution in [3.8, 4) is 0 Å². The van der Waals surface area contributed by atoms with Gasteiger partial charge in [-0.15, -0.1) is 11.8 Å². The van der Waals surface area contributed by atoms with Crippen LogP contribution in [0, 0.1) is 0 Å². The van der Waals surface area contributed by atoms with E-state index < -0.39 is 0 Å². The first-order valence-corrected chi connectivity index (χ1v) is 8.79. The fourth-order valence-corrected chi connectivity index (χ4v) is 3.75. The SMILES string of the molecule is CCC(CC)N(CCO)CCSc1cc(Cl)ccc1Cl. The first-order chi connectivity index (χ1) is 9.62. The number of thioether (sulfide) groups is 1. The maximum absolute atomic E-state index is 9.19. The van der Waals surface area contributed by atoms with Gasteiger partial charge in [0.1, 0.15) is 0 Å². The molecular formula is C15H23Cl2NOS. The van der Waals surface area contributed by atoms with Crippen LogP contribution < -0.4 is 0 Å². The molecule has 1 rings (SSSR count). The standard InChI is InChI=1S/C15H23Cl2NOS/c1-3-13(4-2)18(7-9-19)8-10-20-15-11-12(16)5-6-14(15)17/h5-6,11,13,19H,3-4,7-10H2,1-2H3. The number of halogens is 2. The Bertz CT molecular complexity index is 399. The molecule has 0 saturated carbocycles. The fraction of sp³-hybridized carbons (Fsp3) is 0.600. The molecular weight excluding hydrogens is 313 g/mol. The van der Waals surface area contributed by atoms with Gasteiger partial charge in [0, 0.05) is 34.8 Å². The van der Waals surface area contributed by atoms with Crippen LogP contribution in [-0.4, -0.2) is 41.5 Å². The number of nitrogens with zero attached hydrogens (tertiary/aromatic N) is 1. The highest BCUT2D eigenvalue weighted by Crippen LogP contribution is 2.29. The normalized spacial score (nSPS) is 11.6. The average molecular weight is 336 g/mol. The van der Waals surface area contributed by atoms with Gasteiger partial charge in [-0.25, -0.2) is 0 Å². The second-order valence-corrected chi connectivity index (χ2v) is 6.63. The van der Waals surface area contributed by atoms with Crippen LogP contribution in [0.1, 0.15) is 26.7 Å². The molecule has 20 heavy (non-hydrogen) atoms. The molecule has 2 nitrogen and oxygen atoms in total. The fourth-order valence-electron chi connectivity index (χ4n) is 2.27. The molecule has 0 bridgehead atoms. The van der Waals surface area contributed by atoms with Crippen molar-refractivity contribution in [1.29, 1.82) is 0 Å². The van der Waals surface area contributed by atoms with Gasteiger partial charge in [-0.05, 0) is 31.0 Å². The second-order valence-electron chi connectivity index (χ2n) is 4.65. The third-order valence-corrected chi connectivity index (χ3v) is 5.09. The highest BCUT2D eigenvalue weighted by molar-refractivity contribution is 7.99. The van der Waals surface area contributed by atoms with Crippen molar-refractivity contribution in [2.75, 3.05) is 25.4 Å². The molecule has 1 aromatic carbocycles. The van der Waals surface area contributed by atoms with Gasteiger partial charge in [-0.2, -0.15) is 0 Å². The molecule has 0 spiro atoms. The molecule has 0 heterocycles. The molecule has 0 aliphatic heterocycles. The van der Waals surface area contributed by atoms with Gasteiger partial charge in [-0.3, -0.25) is 4.90 Å². The van der Waals surface area contributed by atoms with Crippen LogP contribution in [0.5, 0.6) is 0 Å². The predicted molar refractivity (Wildman–Crippen MR) is 90.2 cm³/mol. The molecule has 0 radical (unpaired) electrons. The third-order valence-electron chi connectivity index (χ3n) is 3.38. The number of benzene rings is 1. The highest BCUT2D eigenvalue weighted by atomic mass is 35.5. The van der Waals surface area contributed by atoms with E-state index in [-0.39, 0.29) is 6.61 Å². The minimum Gasteiger partial charge on any atom is -0.395 e. The van der Waals surface area contributed by atoms with Crippen molar-refractivity contribution in [2.24, 2.45) is 0 Å². The molecule has 114 valence electrons. The molecule has 0 fully saturated rings. The minimum atomic E-state index is 0.207. The molecule has 0 aliphatic rings. The molecule has 1 N–H and O–H groups in total. The van der Waals surface area contributed by atoms with E-state index in [4.69, 9.17) is 23.2 Å². The smallest absolute Gasteiger partial charge is 0.0558 e. The summed E-state index contributed by atoms with van der Waals surface area (Å²) in [7, 11) is 0. The van der Waals surface area contributed by atoms with Crippen LogP contribution in [0.2, 0.25) is 10.0 Å².